The van der Waals surface area contributed by atoms with E-state index in [1.807, 2.05) is 19.1 Å². The number of benzene rings is 2. The fourth-order valence-corrected chi connectivity index (χ4v) is 5.70. The first-order valence-corrected chi connectivity index (χ1v) is 13.9. The molecular weight excluding hydrogens is 544 g/mol. The molecular formula is C31H28N2O7S. The van der Waals surface area contributed by atoms with Crippen LogP contribution < -0.4 is 19.6 Å². The largest absolute Gasteiger partial charge is 0.494 e. The summed E-state index contributed by atoms with van der Waals surface area (Å²) in [4.78, 5) is 43.8. The van der Waals surface area contributed by atoms with E-state index in [1.165, 1.54) is 22.0 Å². The average molecular weight is 573 g/mol. The van der Waals surface area contributed by atoms with Crippen molar-refractivity contribution in [1.82, 2.24) is 4.57 Å². The van der Waals surface area contributed by atoms with Crippen molar-refractivity contribution in [2.45, 2.75) is 39.8 Å². The van der Waals surface area contributed by atoms with Crippen molar-refractivity contribution in [2.75, 3.05) is 6.61 Å². The highest BCUT2D eigenvalue weighted by molar-refractivity contribution is 7.07. The molecule has 0 saturated carbocycles. The second-order valence-corrected chi connectivity index (χ2v) is 10.6. The van der Waals surface area contributed by atoms with Gasteiger partial charge in [0.1, 0.15) is 17.3 Å². The lowest BCUT2D eigenvalue weighted by Gasteiger charge is -2.25. The molecule has 5 rings (SSSR count). The Hall–Kier alpha value is -4.70. The Morgan fingerprint density at radius 3 is 2.54 bits per heavy atom. The van der Waals surface area contributed by atoms with Gasteiger partial charge in [-0.05, 0) is 63.6 Å². The molecule has 41 heavy (non-hydrogen) atoms. The zero-order chi connectivity index (χ0) is 29.3. The number of ether oxygens (including phenoxy) is 2. The first kappa shape index (κ1) is 27.9. The number of aromatic nitrogens is 1. The molecule has 2 aromatic carbocycles. The van der Waals surface area contributed by atoms with Gasteiger partial charge in [-0.15, -0.1) is 0 Å². The van der Waals surface area contributed by atoms with Gasteiger partial charge in [-0.25, -0.2) is 14.6 Å². The van der Waals surface area contributed by atoms with Crippen LogP contribution in [-0.4, -0.2) is 34.3 Å². The van der Waals surface area contributed by atoms with Gasteiger partial charge in [-0.3, -0.25) is 9.36 Å². The van der Waals surface area contributed by atoms with Crippen molar-refractivity contribution in [2.24, 2.45) is 4.99 Å². The molecule has 0 bridgehead atoms. The quantitative estimate of drug-likeness (QED) is 0.308. The summed E-state index contributed by atoms with van der Waals surface area (Å²) in [5.74, 6) is -0.193. The number of carboxylic acids is 1. The number of furan rings is 1. The van der Waals surface area contributed by atoms with Gasteiger partial charge in [0.25, 0.3) is 5.56 Å². The summed E-state index contributed by atoms with van der Waals surface area (Å²) >= 11 is 1.17. The molecule has 0 fully saturated rings. The Morgan fingerprint density at radius 1 is 1.12 bits per heavy atom. The van der Waals surface area contributed by atoms with Crippen molar-refractivity contribution in [3.63, 3.8) is 0 Å². The maximum absolute atomic E-state index is 13.9. The molecule has 9 nitrogen and oxygen atoms in total. The fourth-order valence-electron chi connectivity index (χ4n) is 4.68. The van der Waals surface area contributed by atoms with Gasteiger partial charge in [0.2, 0.25) is 0 Å². The smallest absolute Gasteiger partial charge is 0.338 e. The summed E-state index contributed by atoms with van der Waals surface area (Å²) in [5.41, 5.74) is 1.65. The van der Waals surface area contributed by atoms with Gasteiger partial charge in [-0.1, -0.05) is 41.7 Å². The third kappa shape index (κ3) is 5.51. The lowest BCUT2D eigenvalue weighted by Crippen LogP contribution is -2.40. The molecule has 1 atom stereocenters. The summed E-state index contributed by atoms with van der Waals surface area (Å²) in [6.45, 7) is 7.66. The SMILES string of the molecule is CCOc1ccc([C@H]2C(C(=O)OC(C)C)=C(C)N=c3s/c(=C/c4ccc(-c5ccccc5C(=O)O)o4)c(=O)n32)cc1. The summed E-state index contributed by atoms with van der Waals surface area (Å²) in [5, 5.41) is 9.54. The predicted octanol–water partition coefficient (Wildman–Crippen LogP) is 4.54. The zero-order valence-corrected chi connectivity index (χ0v) is 23.7. The van der Waals surface area contributed by atoms with Crippen LogP contribution in [0.25, 0.3) is 17.4 Å². The van der Waals surface area contributed by atoms with Gasteiger partial charge in [0, 0.05) is 11.6 Å². The number of hydrogen-bond acceptors (Lipinski definition) is 8. The van der Waals surface area contributed by atoms with Crippen molar-refractivity contribution >= 4 is 29.4 Å². The summed E-state index contributed by atoms with van der Waals surface area (Å²) in [7, 11) is 0. The van der Waals surface area contributed by atoms with Gasteiger partial charge >= 0.3 is 11.9 Å². The molecule has 0 saturated heterocycles. The number of allylic oxidation sites excluding steroid dienone is 1. The van der Waals surface area contributed by atoms with Crippen LogP contribution in [0.3, 0.4) is 0 Å². The van der Waals surface area contributed by atoms with Crippen LogP contribution in [0.4, 0.5) is 0 Å². The molecule has 4 aromatic rings. The van der Waals surface area contributed by atoms with Gasteiger partial charge in [-0.2, -0.15) is 0 Å². The number of carbonyl (C=O) groups is 2. The lowest BCUT2D eigenvalue weighted by molar-refractivity contribution is -0.143. The number of fused-ring (bicyclic) bond motifs is 1. The molecule has 0 aliphatic carbocycles. The number of esters is 1. The molecule has 2 aromatic heterocycles. The average Bonchev–Trinajstić information content (AvgIpc) is 3.52. The van der Waals surface area contributed by atoms with E-state index in [9.17, 15) is 19.5 Å². The molecule has 1 N–H and O–H groups in total. The molecule has 0 radical (unpaired) electrons. The number of carboxylic acid groups (broad SMARTS) is 1. The maximum atomic E-state index is 13.9. The second-order valence-electron chi connectivity index (χ2n) is 9.59. The number of hydrogen-bond donors (Lipinski definition) is 1. The third-order valence-electron chi connectivity index (χ3n) is 6.41. The Bertz CT molecular complexity index is 1840. The summed E-state index contributed by atoms with van der Waals surface area (Å²) < 4.78 is 18.9. The maximum Gasteiger partial charge on any atom is 0.338 e. The van der Waals surface area contributed by atoms with E-state index in [2.05, 4.69) is 4.99 Å². The fraction of sp³-hybridized carbons (Fsp3) is 0.226. The highest BCUT2D eigenvalue weighted by Gasteiger charge is 2.34. The van der Waals surface area contributed by atoms with Crippen LogP contribution >= 0.6 is 11.3 Å². The third-order valence-corrected chi connectivity index (χ3v) is 7.40. The molecule has 1 aliphatic rings. The topological polar surface area (TPSA) is 120 Å². The van der Waals surface area contributed by atoms with Gasteiger partial charge in [0.05, 0.1) is 40.1 Å². The van der Waals surface area contributed by atoms with Crippen molar-refractivity contribution < 1.29 is 28.6 Å². The molecule has 1 aliphatic heterocycles. The van der Waals surface area contributed by atoms with E-state index in [1.54, 1.807) is 69.3 Å². The Kier molecular flexibility index (Phi) is 7.76. The van der Waals surface area contributed by atoms with Crippen molar-refractivity contribution in [3.8, 4) is 17.1 Å². The molecule has 0 amide bonds. The first-order valence-electron chi connectivity index (χ1n) is 13.1. The lowest BCUT2D eigenvalue weighted by atomic mass is 9.96. The van der Waals surface area contributed by atoms with Crippen molar-refractivity contribution in [1.29, 1.82) is 0 Å². The first-order chi connectivity index (χ1) is 19.7. The Balaban J connectivity index is 1.62. The highest BCUT2D eigenvalue weighted by Crippen LogP contribution is 2.32. The van der Waals surface area contributed by atoms with Crippen LogP contribution in [-0.2, 0) is 9.53 Å². The highest BCUT2D eigenvalue weighted by atomic mass is 32.1. The monoisotopic (exact) mass is 572 g/mol. The van der Waals surface area contributed by atoms with Crippen LogP contribution in [0.15, 0.2) is 86.1 Å². The minimum atomic E-state index is -1.07. The molecule has 3 heterocycles. The van der Waals surface area contributed by atoms with E-state index in [0.29, 0.717) is 50.0 Å². The van der Waals surface area contributed by atoms with Gasteiger partial charge in [0.15, 0.2) is 4.80 Å². The summed E-state index contributed by atoms with van der Waals surface area (Å²) in [6.07, 6.45) is 1.24. The number of aromatic carboxylic acids is 1. The van der Waals surface area contributed by atoms with E-state index in [-0.39, 0.29) is 22.8 Å². The van der Waals surface area contributed by atoms with Gasteiger partial charge < -0.3 is 19.0 Å². The van der Waals surface area contributed by atoms with Crippen molar-refractivity contribution in [3.05, 3.63) is 109 Å². The molecule has 0 unspecified atom stereocenters. The number of carbonyl (C=O) groups excluding carboxylic acids is 1. The number of nitrogens with zero attached hydrogens (tertiary/aromatic N) is 2. The van der Waals surface area contributed by atoms with Crippen LogP contribution in [0.2, 0.25) is 0 Å². The Labute approximate surface area is 239 Å². The zero-order valence-electron chi connectivity index (χ0n) is 22.9. The van der Waals surface area contributed by atoms with Crippen LogP contribution in [0, 0.1) is 0 Å². The van der Waals surface area contributed by atoms with E-state index in [0.717, 1.165) is 0 Å². The van der Waals surface area contributed by atoms with Crippen LogP contribution in [0.5, 0.6) is 5.75 Å². The molecule has 210 valence electrons. The number of rotatable bonds is 8. The number of thiazole rings is 1. The Morgan fingerprint density at radius 2 is 1.85 bits per heavy atom. The van der Waals surface area contributed by atoms with E-state index < -0.39 is 18.0 Å². The van der Waals surface area contributed by atoms with E-state index in [4.69, 9.17) is 13.9 Å². The minimum Gasteiger partial charge on any atom is -0.494 e. The van der Waals surface area contributed by atoms with Crippen LogP contribution in [0.1, 0.15) is 55.4 Å². The van der Waals surface area contributed by atoms with E-state index >= 15 is 0 Å². The molecule has 0 spiro atoms. The normalized spacial score (nSPS) is 15.0. The summed E-state index contributed by atoms with van der Waals surface area (Å²) in [6, 6.07) is 16.4. The second kappa shape index (κ2) is 11.4. The predicted molar refractivity (Wildman–Crippen MR) is 154 cm³/mol. The minimum absolute atomic E-state index is 0.111. The molecule has 10 heteroatoms. The standard InChI is InChI=1S/C31H28N2O7S/c1-5-38-20-12-10-19(11-13-20)27-26(30(37)39-17(2)3)18(4)32-31-33(27)28(34)25(41-31)16-21-14-15-24(40-21)22-8-6-7-9-23(22)29(35)36/h6-17,27H,5H2,1-4H3,(H,35,36)/b25-16+/t27-/m0/s1.